The Hall–Kier alpha value is -3.42. The molecule has 0 aliphatic carbocycles. The number of hydrogen-bond donors (Lipinski definition) is 2. The van der Waals surface area contributed by atoms with Crippen molar-refractivity contribution in [3.05, 3.63) is 88.6 Å². The first-order valence-electron chi connectivity index (χ1n) is 10.8. The van der Waals surface area contributed by atoms with Crippen LogP contribution in [0, 0.1) is 0 Å². The molecule has 3 aromatic carbocycles. The molecule has 0 saturated heterocycles. The molecule has 0 radical (unpaired) electrons. The Bertz CT molecular complexity index is 1310. The zero-order valence-electron chi connectivity index (χ0n) is 18.2. The summed E-state index contributed by atoms with van der Waals surface area (Å²) in [5.74, 6) is 1.19. The van der Waals surface area contributed by atoms with Crippen molar-refractivity contribution in [3.8, 4) is 11.5 Å². The van der Waals surface area contributed by atoms with Gasteiger partial charge in [-0.05, 0) is 60.0 Å². The Kier molecular flexibility index (Phi) is 5.75. The van der Waals surface area contributed by atoms with Gasteiger partial charge in [0.1, 0.15) is 32.1 Å². The summed E-state index contributed by atoms with van der Waals surface area (Å²) in [5, 5.41) is 1.77. The van der Waals surface area contributed by atoms with Crippen LogP contribution in [0.3, 0.4) is 0 Å². The zero-order valence-corrected chi connectivity index (χ0v) is 18.9. The predicted octanol–water partition coefficient (Wildman–Crippen LogP) is 3.52. The molecule has 1 atom stereocenters. The minimum absolute atomic E-state index is 0.102. The zero-order chi connectivity index (χ0) is 22.9. The fraction of sp³-hybridized carbons (Fsp3) is 0.160. The van der Waals surface area contributed by atoms with Crippen LogP contribution in [-0.4, -0.2) is 37.1 Å². The van der Waals surface area contributed by atoms with Crippen molar-refractivity contribution in [1.82, 2.24) is 9.88 Å². The Morgan fingerprint density at radius 3 is 2.55 bits per heavy atom. The number of aromatic nitrogens is 1. The van der Waals surface area contributed by atoms with Gasteiger partial charge in [-0.1, -0.05) is 41.3 Å². The first kappa shape index (κ1) is 21.4. The van der Waals surface area contributed by atoms with Crippen molar-refractivity contribution in [2.75, 3.05) is 13.3 Å². The van der Waals surface area contributed by atoms with E-state index in [4.69, 9.17) is 26.8 Å². The van der Waals surface area contributed by atoms with Crippen molar-refractivity contribution in [1.29, 1.82) is 0 Å². The number of carbonyl (C=O) groups is 1. The van der Waals surface area contributed by atoms with Gasteiger partial charge in [-0.15, -0.1) is 0 Å². The lowest BCUT2D eigenvalue weighted by atomic mass is 9.92. The summed E-state index contributed by atoms with van der Waals surface area (Å²) >= 11 is 6.28. The van der Waals surface area contributed by atoms with Crippen molar-refractivity contribution in [2.24, 2.45) is 5.73 Å². The van der Waals surface area contributed by atoms with Crippen LogP contribution in [0.25, 0.3) is 10.9 Å². The fourth-order valence-electron chi connectivity index (χ4n) is 4.41. The highest BCUT2D eigenvalue weighted by atomic mass is 35.5. The van der Waals surface area contributed by atoms with Gasteiger partial charge in [0.25, 0.3) is 0 Å². The lowest BCUT2D eigenvalue weighted by molar-refractivity contribution is 0.135. The van der Waals surface area contributed by atoms with Gasteiger partial charge in [0.05, 0.1) is 0 Å². The molecule has 2 heterocycles. The number of ether oxygens (including phenoxy) is 2. The van der Waals surface area contributed by atoms with Crippen LogP contribution >= 0.6 is 11.6 Å². The number of hydrogen-bond acceptors (Lipinski definition) is 4. The van der Waals surface area contributed by atoms with Crippen LogP contribution in [0.4, 0.5) is 4.79 Å². The van der Waals surface area contributed by atoms with E-state index < -0.39 is 6.09 Å². The van der Waals surface area contributed by atoms with Crippen molar-refractivity contribution >= 4 is 41.9 Å². The summed E-state index contributed by atoms with van der Waals surface area (Å²) in [5.41, 5.74) is 10.7. The molecule has 8 heteroatoms. The summed E-state index contributed by atoms with van der Waals surface area (Å²) in [4.78, 5) is 18.6. The summed E-state index contributed by atoms with van der Waals surface area (Å²) in [6.07, 6.45) is 0.303. The number of nitrogens with zero attached hydrogens (tertiary/aromatic N) is 1. The molecule has 0 spiro atoms. The maximum absolute atomic E-state index is 13.3. The third-order valence-corrected chi connectivity index (χ3v) is 6.23. The smallest absolute Gasteiger partial charge is 0.416 e. The van der Waals surface area contributed by atoms with Gasteiger partial charge in [-0.2, -0.15) is 0 Å². The molecule has 6 nitrogen and oxygen atoms in total. The molecule has 1 aliphatic heterocycles. The number of benzene rings is 3. The molecule has 1 unspecified atom stereocenters. The first-order valence-corrected chi connectivity index (χ1v) is 11.2. The minimum atomic E-state index is -0.395. The third-order valence-electron chi connectivity index (χ3n) is 6.00. The van der Waals surface area contributed by atoms with Gasteiger partial charge in [0.15, 0.2) is 0 Å². The number of fused-ring (bicyclic) bond motifs is 3. The maximum Gasteiger partial charge on any atom is 0.416 e. The maximum atomic E-state index is 13.3. The van der Waals surface area contributed by atoms with E-state index in [1.165, 1.54) is 5.56 Å². The molecule has 0 bridgehead atoms. The molecule has 33 heavy (non-hydrogen) atoms. The second-order valence-corrected chi connectivity index (χ2v) is 8.55. The molecule has 3 N–H and O–H groups in total. The molecule has 1 aliphatic rings. The standard InChI is InChI=1S/C25H23BClN3O3/c26-16-3-8-19(9-4-16)33-25(31)30-12-11-20-21-13-17(27)5-10-22(21)29-23(20)24(30)15-1-6-18(7-2-15)32-14-28/h1-10,13,24,29H,11-12,14,26,28H2. The lowest BCUT2D eigenvalue weighted by Gasteiger charge is -2.35. The first-order chi connectivity index (χ1) is 16.0. The molecule has 166 valence electrons. The number of nitrogens with one attached hydrogen (secondary N) is 1. The van der Waals surface area contributed by atoms with Crippen LogP contribution in [0.5, 0.6) is 11.5 Å². The number of carbonyl (C=O) groups excluding carboxylic acids is 1. The molecular formula is C25H23BClN3O3. The van der Waals surface area contributed by atoms with Crippen molar-refractivity contribution < 1.29 is 14.3 Å². The number of nitrogens with two attached hydrogens (primary N) is 1. The summed E-state index contributed by atoms with van der Waals surface area (Å²) < 4.78 is 11.1. The Labute approximate surface area is 197 Å². The lowest BCUT2D eigenvalue weighted by Crippen LogP contribution is -2.42. The number of halogens is 1. The largest absolute Gasteiger partial charge is 0.479 e. The van der Waals surface area contributed by atoms with Gasteiger partial charge in [0.2, 0.25) is 0 Å². The molecule has 1 aromatic heterocycles. The SMILES string of the molecule is Bc1ccc(OC(=O)N2CCc3c([nH]c4ccc(Cl)cc34)C2c2ccc(OCN)cc2)cc1. The topological polar surface area (TPSA) is 80.6 Å². The molecular weight excluding hydrogens is 437 g/mol. The summed E-state index contributed by atoms with van der Waals surface area (Å²) in [6.45, 7) is 0.619. The fourth-order valence-corrected chi connectivity index (χ4v) is 4.58. The normalized spacial score (nSPS) is 15.3. The highest BCUT2D eigenvalue weighted by Gasteiger charge is 2.35. The van der Waals surface area contributed by atoms with Crippen LogP contribution in [0.1, 0.15) is 22.9 Å². The Morgan fingerprint density at radius 1 is 1.09 bits per heavy atom. The van der Waals surface area contributed by atoms with E-state index in [2.05, 4.69) is 4.98 Å². The second-order valence-electron chi connectivity index (χ2n) is 8.11. The highest BCUT2D eigenvalue weighted by Crippen LogP contribution is 2.39. The molecule has 5 rings (SSSR count). The van der Waals surface area contributed by atoms with E-state index in [0.29, 0.717) is 29.5 Å². The average Bonchev–Trinajstić information content (AvgIpc) is 3.18. The quantitative estimate of drug-likeness (QED) is 0.361. The van der Waals surface area contributed by atoms with E-state index >= 15 is 0 Å². The van der Waals surface area contributed by atoms with Crippen LogP contribution in [-0.2, 0) is 6.42 Å². The van der Waals surface area contributed by atoms with Gasteiger partial charge >= 0.3 is 6.09 Å². The van der Waals surface area contributed by atoms with Gasteiger partial charge in [-0.3, -0.25) is 10.6 Å². The minimum Gasteiger partial charge on any atom is -0.479 e. The van der Waals surface area contributed by atoms with Gasteiger partial charge in [0, 0.05) is 28.2 Å². The van der Waals surface area contributed by atoms with Gasteiger partial charge < -0.3 is 14.5 Å². The van der Waals surface area contributed by atoms with Crippen LogP contribution in [0.2, 0.25) is 5.02 Å². The number of rotatable bonds is 4. The molecule has 0 fully saturated rings. The van der Waals surface area contributed by atoms with E-state index in [1.54, 1.807) is 4.90 Å². The van der Waals surface area contributed by atoms with E-state index in [9.17, 15) is 4.79 Å². The highest BCUT2D eigenvalue weighted by molar-refractivity contribution is 6.32. The molecule has 1 amide bonds. The monoisotopic (exact) mass is 459 g/mol. The molecule has 0 saturated carbocycles. The average molecular weight is 460 g/mol. The number of aromatic amines is 1. The Balaban J connectivity index is 1.56. The van der Waals surface area contributed by atoms with Crippen LogP contribution in [0.15, 0.2) is 66.7 Å². The molecule has 4 aromatic rings. The Morgan fingerprint density at radius 2 is 1.82 bits per heavy atom. The second kappa shape index (κ2) is 8.85. The van der Waals surface area contributed by atoms with Gasteiger partial charge in [-0.25, -0.2) is 4.79 Å². The summed E-state index contributed by atoms with van der Waals surface area (Å²) in [6, 6.07) is 20.6. The predicted molar refractivity (Wildman–Crippen MR) is 132 cm³/mol. The van der Waals surface area contributed by atoms with Crippen molar-refractivity contribution in [2.45, 2.75) is 12.5 Å². The number of amides is 1. The third kappa shape index (κ3) is 4.17. The number of H-pyrrole nitrogens is 1. The van der Waals surface area contributed by atoms with E-state index in [-0.39, 0.29) is 12.8 Å². The van der Waals surface area contributed by atoms with Crippen LogP contribution < -0.4 is 20.7 Å². The summed E-state index contributed by atoms with van der Waals surface area (Å²) in [7, 11) is 1.99. The van der Waals surface area contributed by atoms with E-state index in [1.807, 2.05) is 74.6 Å². The van der Waals surface area contributed by atoms with Crippen molar-refractivity contribution in [3.63, 3.8) is 0 Å². The van der Waals surface area contributed by atoms with E-state index in [0.717, 1.165) is 27.6 Å².